The lowest BCUT2D eigenvalue weighted by Gasteiger charge is -2.10. The average Bonchev–Trinajstić information content (AvgIpc) is 2.65. The van der Waals surface area contributed by atoms with Crippen LogP contribution < -0.4 is 10.7 Å². The van der Waals surface area contributed by atoms with Crippen molar-refractivity contribution in [2.75, 3.05) is 6.54 Å². The van der Waals surface area contributed by atoms with Crippen LogP contribution in [0.4, 0.5) is 0 Å². The molecular weight excluding hydrogens is 266 g/mol. The first kappa shape index (κ1) is 14.7. The summed E-state index contributed by atoms with van der Waals surface area (Å²) in [5.41, 5.74) is 7.71. The van der Waals surface area contributed by atoms with Crippen LogP contribution in [0.15, 0.2) is 41.5 Å². The van der Waals surface area contributed by atoms with Crippen molar-refractivity contribution in [3.63, 3.8) is 0 Å². The van der Waals surface area contributed by atoms with Gasteiger partial charge >= 0.3 is 0 Å². The van der Waals surface area contributed by atoms with Gasteiger partial charge in [0.15, 0.2) is 5.11 Å². The maximum absolute atomic E-state index is 5.20. The van der Waals surface area contributed by atoms with Gasteiger partial charge in [-0.05, 0) is 50.4 Å². The fourth-order valence-corrected chi connectivity index (χ4v) is 2.39. The Labute approximate surface area is 126 Å². The van der Waals surface area contributed by atoms with Crippen molar-refractivity contribution < 1.29 is 0 Å². The molecule has 1 aromatic carbocycles. The largest absolute Gasteiger partial charge is 0.358 e. The molecule has 2 rings (SSSR count). The molecule has 1 aromatic rings. The Morgan fingerprint density at radius 1 is 1.30 bits per heavy atom. The second-order valence-electron chi connectivity index (χ2n) is 5.17. The minimum atomic E-state index is 0.544. The Hall–Kier alpha value is -1.68. The van der Waals surface area contributed by atoms with Gasteiger partial charge in [0, 0.05) is 12.1 Å². The number of benzene rings is 1. The highest BCUT2D eigenvalue weighted by atomic mass is 32.1. The standard InChI is InChI=1S/C16H21N3S/c1-12(2)11-17-16(20)19-18-15-10-6-4-8-13-7-3-5-9-14(13)15/h3,5,7,9H,1,4,6,8,10-11H2,2H3,(H2,17,19,20)/b18-15-. The van der Waals surface area contributed by atoms with E-state index in [9.17, 15) is 0 Å². The van der Waals surface area contributed by atoms with Crippen molar-refractivity contribution in [2.45, 2.75) is 32.6 Å². The van der Waals surface area contributed by atoms with E-state index in [2.05, 4.69) is 46.7 Å². The van der Waals surface area contributed by atoms with Gasteiger partial charge < -0.3 is 5.32 Å². The zero-order chi connectivity index (χ0) is 14.4. The molecule has 0 saturated heterocycles. The summed E-state index contributed by atoms with van der Waals surface area (Å²) in [4.78, 5) is 0. The third kappa shape index (κ3) is 4.17. The molecule has 0 amide bonds. The number of aryl methyl sites for hydroxylation is 1. The molecule has 3 nitrogen and oxygen atoms in total. The third-order valence-electron chi connectivity index (χ3n) is 3.28. The van der Waals surface area contributed by atoms with Crippen LogP contribution in [0.25, 0.3) is 0 Å². The Balaban J connectivity index is 2.06. The number of nitrogens with one attached hydrogen (secondary N) is 2. The van der Waals surface area contributed by atoms with E-state index in [0.29, 0.717) is 11.7 Å². The molecule has 0 aliphatic heterocycles. The molecule has 0 unspecified atom stereocenters. The normalized spacial score (nSPS) is 16.1. The number of nitrogens with zero attached hydrogens (tertiary/aromatic N) is 1. The van der Waals surface area contributed by atoms with Crippen molar-refractivity contribution in [3.8, 4) is 0 Å². The topological polar surface area (TPSA) is 36.4 Å². The second kappa shape index (κ2) is 7.20. The summed E-state index contributed by atoms with van der Waals surface area (Å²) in [6.45, 7) is 6.47. The van der Waals surface area contributed by atoms with Gasteiger partial charge in [-0.3, -0.25) is 5.43 Å². The van der Waals surface area contributed by atoms with E-state index in [4.69, 9.17) is 12.2 Å². The van der Waals surface area contributed by atoms with Gasteiger partial charge in [-0.2, -0.15) is 5.10 Å². The fourth-order valence-electron chi connectivity index (χ4n) is 2.27. The zero-order valence-corrected chi connectivity index (χ0v) is 12.7. The number of hydrazone groups is 1. The Morgan fingerprint density at radius 3 is 2.85 bits per heavy atom. The first-order chi connectivity index (χ1) is 9.66. The molecule has 2 N–H and O–H groups in total. The second-order valence-corrected chi connectivity index (χ2v) is 5.58. The Bertz CT molecular complexity index is 534. The van der Waals surface area contributed by atoms with Gasteiger partial charge in [-0.15, -0.1) is 0 Å². The summed E-state index contributed by atoms with van der Waals surface area (Å²) in [5, 5.41) is 8.11. The number of fused-ring (bicyclic) bond motifs is 1. The molecule has 0 spiro atoms. The Morgan fingerprint density at radius 2 is 2.05 bits per heavy atom. The number of rotatable bonds is 3. The minimum absolute atomic E-state index is 0.544. The van der Waals surface area contributed by atoms with E-state index in [-0.39, 0.29) is 0 Å². The van der Waals surface area contributed by atoms with Gasteiger partial charge in [0.25, 0.3) is 0 Å². The summed E-state index contributed by atoms with van der Waals surface area (Å²) < 4.78 is 0. The quantitative estimate of drug-likeness (QED) is 0.388. The van der Waals surface area contributed by atoms with Crippen LogP contribution in [0, 0.1) is 0 Å². The predicted octanol–water partition coefficient (Wildman–Crippen LogP) is 3.16. The van der Waals surface area contributed by atoms with Gasteiger partial charge in [0.2, 0.25) is 0 Å². The van der Waals surface area contributed by atoms with Crippen LogP contribution in [-0.2, 0) is 6.42 Å². The Kier molecular flexibility index (Phi) is 5.30. The monoisotopic (exact) mass is 287 g/mol. The van der Waals surface area contributed by atoms with Crippen LogP contribution in [0.5, 0.6) is 0 Å². The molecule has 0 heterocycles. The summed E-state index contributed by atoms with van der Waals surface area (Å²) >= 11 is 5.20. The van der Waals surface area contributed by atoms with Crippen molar-refractivity contribution in [1.29, 1.82) is 0 Å². The highest BCUT2D eigenvalue weighted by Crippen LogP contribution is 2.20. The van der Waals surface area contributed by atoms with Gasteiger partial charge in [-0.1, -0.05) is 36.4 Å². The molecule has 1 aliphatic carbocycles. The van der Waals surface area contributed by atoms with E-state index in [1.807, 2.05) is 6.92 Å². The van der Waals surface area contributed by atoms with Crippen LogP contribution in [0.2, 0.25) is 0 Å². The number of thiocarbonyl (C=S) groups is 1. The van der Waals surface area contributed by atoms with Crippen molar-refractivity contribution >= 4 is 23.0 Å². The number of hydrogen-bond acceptors (Lipinski definition) is 2. The first-order valence-electron chi connectivity index (χ1n) is 7.00. The van der Waals surface area contributed by atoms with E-state index < -0.39 is 0 Å². The maximum atomic E-state index is 5.20. The van der Waals surface area contributed by atoms with E-state index in [1.165, 1.54) is 24.0 Å². The van der Waals surface area contributed by atoms with Crippen molar-refractivity contribution in [1.82, 2.24) is 10.7 Å². The highest BCUT2D eigenvalue weighted by molar-refractivity contribution is 7.80. The average molecular weight is 287 g/mol. The molecule has 0 saturated carbocycles. The van der Waals surface area contributed by atoms with Crippen LogP contribution in [0.1, 0.15) is 37.3 Å². The smallest absolute Gasteiger partial charge is 0.187 e. The molecule has 0 atom stereocenters. The maximum Gasteiger partial charge on any atom is 0.187 e. The third-order valence-corrected chi connectivity index (χ3v) is 3.52. The SMILES string of the molecule is C=C(C)CNC(=S)N/N=C1/CCCCc2ccccc21. The molecule has 20 heavy (non-hydrogen) atoms. The fraction of sp³-hybridized carbons (Fsp3) is 0.375. The van der Waals surface area contributed by atoms with Gasteiger partial charge in [0.1, 0.15) is 0 Å². The predicted molar refractivity (Wildman–Crippen MR) is 89.1 cm³/mol. The molecule has 4 heteroatoms. The molecule has 0 aromatic heterocycles. The molecule has 1 aliphatic rings. The molecular formula is C16H21N3S. The molecule has 0 radical (unpaired) electrons. The highest BCUT2D eigenvalue weighted by Gasteiger charge is 2.13. The molecule has 0 bridgehead atoms. The first-order valence-corrected chi connectivity index (χ1v) is 7.40. The van der Waals surface area contributed by atoms with E-state index in [0.717, 1.165) is 24.1 Å². The minimum Gasteiger partial charge on any atom is -0.358 e. The zero-order valence-electron chi connectivity index (χ0n) is 11.9. The van der Waals surface area contributed by atoms with Crippen molar-refractivity contribution in [3.05, 3.63) is 47.5 Å². The van der Waals surface area contributed by atoms with Gasteiger partial charge in [-0.25, -0.2) is 0 Å². The van der Waals surface area contributed by atoms with Gasteiger partial charge in [0.05, 0.1) is 5.71 Å². The lowest BCUT2D eigenvalue weighted by Crippen LogP contribution is -2.33. The van der Waals surface area contributed by atoms with Crippen molar-refractivity contribution in [2.24, 2.45) is 5.10 Å². The van der Waals surface area contributed by atoms with Crippen LogP contribution >= 0.6 is 12.2 Å². The lowest BCUT2D eigenvalue weighted by molar-refractivity contribution is 0.773. The van der Waals surface area contributed by atoms with E-state index >= 15 is 0 Å². The lowest BCUT2D eigenvalue weighted by atomic mass is 10.0. The summed E-state index contributed by atoms with van der Waals surface area (Å²) in [5.74, 6) is 0. The van der Waals surface area contributed by atoms with Crippen LogP contribution in [0.3, 0.4) is 0 Å². The number of hydrogen-bond donors (Lipinski definition) is 2. The van der Waals surface area contributed by atoms with Crippen LogP contribution in [-0.4, -0.2) is 17.4 Å². The summed E-state index contributed by atoms with van der Waals surface area (Å²) in [7, 11) is 0. The molecule has 0 fully saturated rings. The summed E-state index contributed by atoms with van der Waals surface area (Å²) in [6, 6.07) is 8.49. The molecule has 106 valence electrons. The summed E-state index contributed by atoms with van der Waals surface area (Å²) in [6.07, 6.45) is 4.51. The van der Waals surface area contributed by atoms with E-state index in [1.54, 1.807) is 0 Å².